The lowest BCUT2D eigenvalue weighted by Crippen LogP contribution is -2.32. The van der Waals surface area contributed by atoms with E-state index in [1.807, 2.05) is 20.6 Å². The summed E-state index contributed by atoms with van der Waals surface area (Å²) in [6.07, 6.45) is 2.71. The van der Waals surface area contributed by atoms with Gasteiger partial charge in [-0.25, -0.2) is 0 Å². The van der Waals surface area contributed by atoms with Gasteiger partial charge in [-0.2, -0.15) is 0 Å². The molecule has 1 atom stereocenters. The molecule has 0 aromatic carbocycles. The molecule has 5 nitrogen and oxygen atoms in total. The van der Waals surface area contributed by atoms with Crippen LogP contribution < -0.4 is 10.6 Å². The van der Waals surface area contributed by atoms with Crippen molar-refractivity contribution in [1.82, 2.24) is 10.6 Å². The van der Waals surface area contributed by atoms with Gasteiger partial charge in [-0.05, 0) is 33.2 Å². The molecule has 18 heavy (non-hydrogen) atoms. The number of rotatable bonds is 7. The minimum absolute atomic E-state index is 0.00161. The van der Waals surface area contributed by atoms with E-state index in [9.17, 15) is 9.59 Å². The lowest BCUT2D eigenvalue weighted by Gasteiger charge is -2.11. The first-order chi connectivity index (χ1) is 8.57. The number of likely N-dealkylation sites (N-methyl/N-ethyl adjacent to an activating group) is 1. The fourth-order valence-electron chi connectivity index (χ4n) is 1.29. The van der Waals surface area contributed by atoms with Crippen LogP contribution in [0.2, 0.25) is 0 Å². The van der Waals surface area contributed by atoms with Crippen LogP contribution >= 0.6 is 0 Å². The summed E-state index contributed by atoms with van der Waals surface area (Å²) >= 11 is 0. The van der Waals surface area contributed by atoms with Gasteiger partial charge in [0.1, 0.15) is 12.6 Å². The quantitative estimate of drug-likeness (QED) is 0.677. The van der Waals surface area contributed by atoms with Crippen LogP contribution in [0, 0.1) is 0 Å². The Morgan fingerprint density at radius 3 is 1.94 bits per heavy atom. The van der Waals surface area contributed by atoms with Crippen LogP contribution in [0.5, 0.6) is 0 Å². The Bertz CT molecular complexity index is 208. The third-order valence-corrected chi connectivity index (χ3v) is 2.13. The van der Waals surface area contributed by atoms with Gasteiger partial charge in [0, 0.05) is 13.5 Å². The van der Waals surface area contributed by atoms with Gasteiger partial charge in [-0.3, -0.25) is 9.59 Å². The van der Waals surface area contributed by atoms with Crippen molar-refractivity contribution in [3.63, 3.8) is 0 Å². The lowest BCUT2D eigenvalue weighted by atomic mass is 10.1. The van der Waals surface area contributed by atoms with E-state index in [0.29, 0.717) is 6.54 Å². The SMILES string of the molecule is C=O.CC.CNC(CCCCNC(C)=O)C(C)=O. The normalized spacial score (nSPS) is 10.1. The van der Waals surface area contributed by atoms with Gasteiger partial charge in [0.15, 0.2) is 0 Å². The first-order valence-electron chi connectivity index (χ1n) is 6.29. The second-order valence-electron chi connectivity index (χ2n) is 3.43. The molecule has 0 aliphatic rings. The standard InChI is InChI=1S/C10H20N2O2.C2H6.CH2O/c1-8(13)10(11-3)6-4-5-7-12-9(2)14;2*1-2/h10-11H,4-7H2,1-3H3,(H,12,14);1-2H3;1H2. The topological polar surface area (TPSA) is 75.3 Å². The summed E-state index contributed by atoms with van der Waals surface area (Å²) in [6.45, 7) is 9.80. The van der Waals surface area contributed by atoms with Crippen molar-refractivity contribution < 1.29 is 14.4 Å². The molecule has 0 saturated heterocycles. The van der Waals surface area contributed by atoms with Crippen molar-refractivity contribution in [2.45, 2.75) is 53.0 Å². The number of nitrogens with one attached hydrogen (secondary N) is 2. The number of hydrogen-bond acceptors (Lipinski definition) is 4. The minimum atomic E-state index is -0.0349. The van der Waals surface area contributed by atoms with E-state index >= 15 is 0 Å². The van der Waals surface area contributed by atoms with Gasteiger partial charge in [-0.15, -0.1) is 0 Å². The van der Waals surface area contributed by atoms with Crippen LogP contribution in [-0.2, 0) is 14.4 Å². The van der Waals surface area contributed by atoms with E-state index < -0.39 is 0 Å². The monoisotopic (exact) mass is 260 g/mol. The average Bonchev–Trinajstić information content (AvgIpc) is 2.37. The molecule has 0 bridgehead atoms. The maximum Gasteiger partial charge on any atom is 0.216 e. The zero-order valence-corrected chi connectivity index (χ0v) is 12.3. The van der Waals surface area contributed by atoms with Crippen LogP contribution in [-0.4, -0.2) is 38.1 Å². The number of Topliss-reactive ketones (excluding diaryl/α,β-unsaturated/α-hetero) is 1. The minimum Gasteiger partial charge on any atom is -0.356 e. The molecule has 0 aliphatic carbocycles. The van der Waals surface area contributed by atoms with Gasteiger partial charge >= 0.3 is 0 Å². The summed E-state index contributed by atoms with van der Waals surface area (Å²) in [7, 11) is 1.79. The van der Waals surface area contributed by atoms with Gasteiger partial charge < -0.3 is 15.4 Å². The maximum atomic E-state index is 11.0. The number of hydrogen-bond donors (Lipinski definition) is 2. The van der Waals surface area contributed by atoms with Crippen LogP contribution in [0.4, 0.5) is 0 Å². The largest absolute Gasteiger partial charge is 0.356 e. The maximum absolute atomic E-state index is 11.0. The first-order valence-corrected chi connectivity index (χ1v) is 6.29. The Labute approximate surface area is 111 Å². The summed E-state index contributed by atoms with van der Waals surface area (Å²) in [5.41, 5.74) is 0. The molecule has 108 valence electrons. The predicted molar refractivity (Wildman–Crippen MR) is 74.5 cm³/mol. The van der Waals surface area contributed by atoms with E-state index in [2.05, 4.69) is 10.6 Å². The van der Waals surface area contributed by atoms with Crippen LogP contribution in [0.15, 0.2) is 0 Å². The first kappa shape index (κ1) is 22.0. The van der Waals surface area contributed by atoms with Crippen LogP contribution in [0.1, 0.15) is 47.0 Å². The molecule has 0 aromatic heterocycles. The molecule has 0 fully saturated rings. The molecule has 1 amide bonds. The number of carbonyl (C=O) groups excluding carboxylic acids is 3. The Morgan fingerprint density at radius 2 is 1.61 bits per heavy atom. The number of carbonyl (C=O) groups is 3. The van der Waals surface area contributed by atoms with Crippen LogP contribution in [0.3, 0.4) is 0 Å². The molecule has 0 heterocycles. The van der Waals surface area contributed by atoms with E-state index in [-0.39, 0.29) is 17.7 Å². The van der Waals surface area contributed by atoms with E-state index in [0.717, 1.165) is 19.3 Å². The summed E-state index contributed by atoms with van der Waals surface area (Å²) in [5, 5.41) is 5.69. The second-order valence-corrected chi connectivity index (χ2v) is 3.43. The number of ketones is 1. The summed E-state index contributed by atoms with van der Waals surface area (Å²) < 4.78 is 0. The van der Waals surface area contributed by atoms with E-state index in [1.54, 1.807) is 14.0 Å². The van der Waals surface area contributed by atoms with Crippen LogP contribution in [0.25, 0.3) is 0 Å². The molecular formula is C13H28N2O3. The van der Waals surface area contributed by atoms with Gasteiger partial charge in [-0.1, -0.05) is 13.8 Å². The Morgan fingerprint density at radius 1 is 1.11 bits per heavy atom. The van der Waals surface area contributed by atoms with Crippen molar-refractivity contribution in [2.75, 3.05) is 13.6 Å². The molecule has 0 rings (SSSR count). The third kappa shape index (κ3) is 17.2. The highest BCUT2D eigenvalue weighted by molar-refractivity contribution is 5.81. The summed E-state index contributed by atoms with van der Waals surface area (Å²) in [5.74, 6) is 0.175. The highest BCUT2D eigenvalue weighted by atomic mass is 16.1. The van der Waals surface area contributed by atoms with Gasteiger partial charge in [0.2, 0.25) is 5.91 Å². The Kier molecular flexibility index (Phi) is 22.2. The average molecular weight is 260 g/mol. The van der Waals surface area contributed by atoms with Gasteiger partial charge in [0.05, 0.1) is 6.04 Å². The fraction of sp³-hybridized carbons (Fsp3) is 0.769. The van der Waals surface area contributed by atoms with E-state index in [4.69, 9.17) is 4.79 Å². The lowest BCUT2D eigenvalue weighted by molar-refractivity contribution is -0.120. The van der Waals surface area contributed by atoms with E-state index in [1.165, 1.54) is 6.92 Å². The van der Waals surface area contributed by atoms with Gasteiger partial charge in [0.25, 0.3) is 0 Å². The van der Waals surface area contributed by atoms with Crippen molar-refractivity contribution in [3.8, 4) is 0 Å². The molecule has 5 heteroatoms. The fourth-order valence-corrected chi connectivity index (χ4v) is 1.29. The molecular weight excluding hydrogens is 232 g/mol. The zero-order chi connectivity index (χ0) is 15.0. The summed E-state index contributed by atoms with van der Waals surface area (Å²) in [6, 6.07) is -0.0349. The second kappa shape index (κ2) is 18.1. The molecule has 0 aromatic rings. The van der Waals surface area contributed by atoms with Crippen molar-refractivity contribution in [3.05, 3.63) is 0 Å². The number of unbranched alkanes of at least 4 members (excludes halogenated alkanes) is 1. The molecule has 0 radical (unpaired) electrons. The molecule has 2 N–H and O–H groups in total. The van der Waals surface area contributed by atoms with Crippen molar-refractivity contribution in [2.24, 2.45) is 0 Å². The molecule has 0 saturated carbocycles. The summed E-state index contributed by atoms with van der Waals surface area (Å²) in [4.78, 5) is 29.5. The Hall–Kier alpha value is -1.23. The zero-order valence-electron chi connectivity index (χ0n) is 12.3. The third-order valence-electron chi connectivity index (χ3n) is 2.13. The van der Waals surface area contributed by atoms with Crippen molar-refractivity contribution >= 4 is 18.5 Å². The highest BCUT2D eigenvalue weighted by Gasteiger charge is 2.09. The Balaban J connectivity index is -0.000000506. The predicted octanol–water partition coefficient (Wildman–Crippen LogP) is 1.31. The highest BCUT2D eigenvalue weighted by Crippen LogP contribution is 2.00. The number of amides is 1. The molecule has 0 aliphatic heterocycles. The molecule has 0 spiro atoms. The molecule has 1 unspecified atom stereocenters. The van der Waals surface area contributed by atoms with Crippen molar-refractivity contribution in [1.29, 1.82) is 0 Å². The smallest absolute Gasteiger partial charge is 0.216 e.